The number of aromatic amines is 1. The van der Waals surface area contributed by atoms with Gasteiger partial charge in [-0.2, -0.15) is 0 Å². The predicted molar refractivity (Wildman–Crippen MR) is 123 cm³/mol. The Kier molecular flexibility index (Phi) is 5.06. The molecule has 3 N–H and O–H groups in total. The van der Waals surface area contributed by atoms with Crippen molar-refractivity contribution in [3.63, 3.8) is 0 Å². The number of hydrogen-bond acceptors (Lipinski definition) is 3. The number of nitrogens with one attached hydrogen (secondary N) is 3. The number of ether oxygens (including phenoxy) is 1. The number of aromatic nitrogens is 1. The van der Waals surface area contributed by atoms with E-state index in [1.807, 2.05) is 37.4 Å². The molecule has 5 heteroatoms. The van der Waals surface area contributed by atoms with E-state index in [-0.39, 0.29) is 11.4 Å². The number of rotatable bonds is 5. The third kappa shape index (κ3) is 3.80. The summed E-state index contributed by atoms with van der Waals surface area (Å²) >= 11 is 0. The van der Waals surface area contributed by atoms with Crippen molar-refractivity contribution < 1.29 is 9.53 Å². The van der Waals surface area contributed by atoms with E-state index in [1.165, 1.54) is 5.57 Å². The van der Waals surface area contributed by atoms with E-state index in [2.05, 4.69) is 48.5 Å². The molecule has 1 aliphatic rings. The van der Waals surface area contributed by atoms with Crippen molar-refractivity contribution in [2.45, 2.75) is 39.7 Å². The standard InChI is InChI=1S/C25H29N3O2/c1-15-10-19-16(2)13-25(3,4)28-23(19)21(11-15)24(29)26-9-8-17-14-27-22-7-6-18(30-5)12-20(17)22/h6-7,10-14,27-28H,8-9H2,1-5H3,(H,26,29). The van der Waals surface area contributed by atoms with E-state index in [0.29, 0.717) is 12.1 Å². The van der Waals surface area contributed by atoms with Crippen LogP contribution in [0.15, 0.2) is 42.6 Å². The van der Waals surface area contributed by atoms with Gasteiger partial charge in [-0.15, -0.1) is 0 Å². The molecule has 5 nitrogen and oxygen atoms in total. The molecule has 0 radical (unpaired) electrons. The Bertz CT molecular complexity index is 1150. The minimum atomic E-state index is -0.190. The first-order valence-electron chi connectivity index (χ1n) is 10.3. The minimum Gasteiger partial charge on any atom is -0.497 e. The smallest absolute Gasteiger partial charge is 0.253 e. The van der Waals surface area contributed by atoms with Gasteiger partial charge in [-0.05, 0) is 81.1 Å². The molecule has 0 fully saturated rings. The molecule has 4 rings (SSSR count). The topological polar surface area (TPSA) is 66.1 Å². The molecule has 2 heterocycles. The Hall–Kier alpha value is -3.21. The molecule has 156 valence electrons. The zero-order chi connectivity index (χ0) is 21.5. The van der Waals surface area contributed by atoms with Gasteiger partial charge in [0.05, 0.1) is 23.9 Å². The SMILES string of the molecule is COc1ccc2[nH]cc(CCNC(=O)c3cc(C)cc4c3NC(C)(C)C=C4C)c2c1. The molecule has 0 aliphatic carbocycles. The molecule has 1 aliphatic heterocycles. The molecule has 0 saturated heterocycles. The Balaban J connectivity index is 1.53. The molecule has 2 aromatic carbocycles. The van der Waals surface area contributed by atoms with Crippen molar-refractivity contribution in [2.24, 2.45) is 0 Å². The van der Waals surface area contributed by atoms with E-state index in [1.54, 1.807) is 7.11 Å². The molecule has 30 heavy (non-hydrogen) atoms. The normalized spacial score (nSPS) is 14.6. The molecule has 0 bridgehead atoms. The second-order valence-corrected chi connectivity index (χ2v) is 8.64. The molecule has 1 aromatic heterocycles. The summed E-state index contributed by atoms with van der Waals surface area (Å²) in [6.45, 7) is 8.93. The second kappa shape index (κ2) is 7.56. The number of amides is 1. The van der Waals surface area contributed by atoms with Crippen LogP contribution >= 0.6 is 0 Å². The molecule has 0 atom stereocenters. The summed E-state index contributed by atoms with van der Waals surface area (Å²) in [5.41, 5.74) is 7.03. The summed E-state index contributed by atoms with van der Waals surface area (Å²) in [7, 11) is 1.67. The molecule has 0 unspecified atom stereocenters. The van der Waals surface area contributed by atoms with Gasteiger partial charge in [0.25, 0.3) is 5.91 Å². The highest BCUT2D eigenvalue weighted by atomic mass is 16.5. The highest BCUT2D eigenvalue weighted by Gasteiger charge is 2.26. The number of H-pyrrole nitrogens is 1. The maximum atomic E-state index is 13.1. The van der Waals surface area contributed by atoms with Crippen LogP contribution in [0.1, 0.15) is 47.8 Å². The van der Waals surface area contributed by atoms with Crippen molar-refractivity contribution in [2.75, 3.05) is 19.0 Å². The van der Waals surface area contributed by atoms with Crippen LogP contribution < -0.4 is 15.4 Å². The van der Waals surface area contributed by atoms with Gasteiger partial charge in [0.15, 0.2) is 0 Å². The lowest BCUT2D eigenvalue weighted by atomic mass is 9.88. The quantitative estimate of drug-likeness (QED) is 0.557. The largest absolute Gasteiger partial charge is 0.497 e. The maximum absolute atomic E-state index is 13.1. The number of aryl methyl sites for hydroxylation is 1. The van der Waals surface area contributed by atoms with Gasteiger partial charge in [0, 0.05) is 29.2 Å². The fourth-order valence-corrected chi connectivity index (χ4v) is 4.29. The number of benzene rings is 2. The van der Waals surface area contributed by atoms with E-state index < -0.39 is 0 Å². The van der Waals surface area contributed by atoms with Gasteiger partial charge in [-0.25, -0.2) is 0 Å². The minimum absolute atomic E-state index is 0.0506. The fraction of sp³-hybridized carbons (Fsp3) is 0.320. The highest BCUT2D eigenvalue weighted by Crippen LogP contribution is 2.37. The van der Waals surface area contributed by atoms with E-state index >= 15 is 0 Å². The van der Waals surface area contributed by atoms with Crippen LogP contribution in [0.5, 0.6) is 5.75 Å². The Morgan fingerprint density at radius 3 is 2.73 bits per heavy atom. The first-order valence-corrected chi connectivity index (χ1v) is 10.3. The Morgan fingerprint density at radius 1 is 1.17 bits per heavy atom. The molecule has 1 amide bonds. The van der Waals surface area contributed by atoms with E-state index in [0.717, 1.165) is 45.5 Å². The zero-order valence-electron chi connectivity index (χ0n) is 18.3. The number of methoxy groups -OCH3 is 1. The van der Waals surface area contributed by atoms with Gasteiger partial charge >= 0.3 is 0 Å². The third-order valence-corrected chi connectivity index (χ3v) is 5.63. The van der Waals surface area contributed by atoms with Crippen molar-refractivity contribution in [3.05, 3.63) is 64.9 Å². The molecule has 0 spiro atoms. The zero-order valence-corrected chi connectivity index (χ0v) is 18.3. The van der Waals surface area contributed by atoms with Gasteiger partial charge in [-0.1, -0.05) is 6.08 Å². The highest BCUT2D eigenvalue weighted by molar-refractivity contribution is 6.03. The number of carbonyl (C=O) groups excluding carboxylic acids is 1. The maximum Gasteiger partial charge on any atom is 0.253 e. The van der Waals surface area contributed by atoms with Crippen LogP contribution in [-0.4, -0.2) is 30.1 Å². The summed E-state index contributed by atoms with van der Waals surface area (Å²) in [4.78, 5) is 16.4. The first kappa shape index (κ1) is 20.1. The van der Waals surface area contributed by atoms with Crippen LogP contribution in [-0.2, 0) is 6.42 Å². The van der Waals surface area contributed by atoms with Crippen molar-refractivity contribution >= 4 is 28.1 Å². The molecule has 3 aromatic rings. The third-order valence-electron chi connectivity index (χ3n) is 5.63. The number of hydrogen-bond donors (Lipinski definition) is 3. The van der Waals surface area contributed by atoms with Gasteiger partial charge in [0.2, 0.25) is 0 Å². The summed E-state index contributed by atoms with van der Waals surface area (Å²) < 4.78 is 5.34. The van der Waals surface area contributed by atoms with Crippen molar-refractivity contribution in [1.29, 1.82) is 0 Å². The van der Waals surface area contributed by atoms with Gasteiger partial charge < -0.3 is 20.4 Å². The lowest BCUT2D eigenvalue weighted by Gasteiger charge is -2.33. The average molecular weight is 404 g/mol. The molecular formula is C25H29N3O2. The van der Waals surface area contributed by atoms with Crippen LogP contribution in [0, 0.1) is 6.92 Å². The Labute approximate surface area is 177 Å². The van der Waals surface area contributed by atoms with E-state index in [4.69, 9.17) is 4.74 Å². The predicted octanol–water partition coefficient (Wildman–Crippen LogP) is 5.06. The van der Waals surface area contributed by atoms with Gasteiger partial charge in [0.1, 0.15) is 5.75 Å². The molecule has 0 saturated carbocycles. The van der Waals surface area contributed by atoms with E-state index in [9.17, 15) is 4.79 Å². The summed E-state index contributed by atoms with van der Waals surface area (Å²) in [6, 6.07) is 10.1. The van der Waals surface area contributed by atoms with Crippen LogP contribution in [0.4, 0.5) is 5.69 Å². The fourth-order valence-electron chi connectivity index (χ4n) is 4.29. The summed E-state index contributed by atoms with van der Waals surface area (Å²) in [6.07, 6.45) is 4.95. The molecular weight excluding hydrogens is 374 g/mol. The lowest BCUT2D eigenvalue weighted by Crippen LogP contribution is -2.34. The van der Waals surface area contributed by atoms with Crippen molar-refractivity contribution in [1.82, 2.24) is 10.3 Å². The van der Waals surface area contributed by atoms with Crippen LogP contribution in [0.3, 0.4) is 0 Å². The number of allylic oxidation sites excluding steroid dienone is 1. The van der Waals surface area contributed by atoms with Crippen molar-refractivity contribution in [3.8, 4) is 5.75 Å². The van der Waals surface area contributed by atoms with Crippen LogP contribution in [0.2, 0.25) is 0 Å². The average Bonchev–Trinajstić information content (AvgIpc) is 3.09. The summed E-state index contributed by atoms with van der Waals surface area (Å²) in [5.74, 6) is 0.779. The number of fused-ring (bicyclic) bond motifs is 2. The Morgan fingerprint density at radius 2 is 1.97 bits per heavy atom. The lowest BCUT2D eigenvalue weighted by molar-refractivity contribution is 0.0955. The van der Waals surface area contributed by atoms with Gasteiger partial charge in [-0.3, -0.25) is 4.79 Å². The van der Waals surface area contributed by atoms with Crippen LogP contribution in [0.25, 0.3) is 16.5 Å². The summed E-state index contributed by atoms with van der Waals surface area (Å²) in [5, 5.41) is 7.76. The first-order chi connectivity index (χ1) is 14.3. The second-order valence-electron chi connectivity index (χ2n) is 8.64. The number of carbonyl (C=O) groups is 1. The monoisotopic (exact) mass is 403 g/mol. The number of anilines is 1.